The third kappa shape index (κ3) is 7.35. The van der Waals surface area contributed by atoms with Crippen molar-refractivity contribution in [3.63, 3.8) is 0 Å². The van der Waals surface area contributed by atoms with Crippen LogP contribution in [-0.4, -0.2) is 17.9 Å². The molecule has 0 fully saturated rings. The first kappa shape index (κ1) is 19.0. The van der Waals surface area contributed by atoms with Gasteiger partial charge in [-0.05, 0) is 40.9 Å². The maximum atomic E-state index is 10.5. The van der Waals surface area contributed by atoms with Gasteiger partial charge in [-0.25, -0.2) is 0 Å². The first-order chi connectivity index (χ1) is 8.69. The number of halogens is 1. The lowest BCUT2D eigenvalue weighted by molar-refractivity contribution is 0.508. The molecule has 0 heterocycles. The highest BCUT2D eigenvalue weighted by atomic mass is 35.6. The summed E-state index contributed by atoms with van der Waals surface area (Å²) in [6.07, 6.45) is 5.01. The number of hydrogen-bond acceptors (Lipinski definition) is 3. The third-order valence-corrected chi connectivity index (χ3v) is 10.3. The first-order valence-electron chi connectivity index (χ1n) is 6.52. The lowest BCUT2D eigenvalue weighted by Crippen LogP contribution is -2.47. The lowest BCUT2D eigenvalue weighted by atomic mass is 10.0. The number of nitrogens with two attached hydrogens (primary N) is 2. The number of rotatable bonds is 4. The van der Waals surface area contributed by atoms with Crippen LogP contribution in [0.25, 0.3) is 0 Å². The highest BCUT2D eigenvalue weighted by Gasteiger charge is 2.25. The van der Waals surface area contributed by atoms with Gasteiger partial charge in [0.15, 0.2) is 7.38 Å². The molecular weight excluding hydrogens is 299 g/mol. The molecule has 19 heavy (non-hydrogen) atoms. The van der Waals surface area contributed by atoms with Gasteiger partial charge in [0.2, 0.25) is 5.31 Å². The second-order valence-electron chi connectivity index (χ2n) is 4.76. The highest BCUT2D eigenvalue weighted by Crippen LogP contribution is 2.31. The van der Waals surface area contributed by atoms with E-state index in [1.165, 1.54) is 30.3 Å². The fourth-order valence-corrected chi connectivity index (χ4v) is 3.50. The van der Waals surface area contributed by atoms with Crippen molar-refractivity contribution in [2.75, 3.05) is 0 Å². The van der Waals surface area contributed by atoms with Crippen LogP contribution in [0.1, 0.15) is 27.2 Å². The van der Waals surface area contributed by atoms with E-state index >= 15 is 0 Å². The summed E-state index contributed by atoms with van der Waals surface area (Å²) >= 11 is 6.23. The van der Waals surface area contributed by atoms with Gasteiger partial charge in [-0.3, -0.25) is 0 Å². The van der Waals surface area contributed by atoms with Crippen LogP contribution in [0.5, 0.6) is 0 Å². The molecule has 0 aromatic heterocycles. The zero-order valence-electron chi connectivity index (χ0n) is 11.9. The zero-order chi connectivity index (χ0) is 15.1. The molecule has 1 aliphatic carbocycles. The van der Waals surface area contributed by atoms with E-state index < -0.39 is 21.1 Å². The lowest BCUT2D eigenvalue weighted by Gasteiger charge is -2.19. The van der Waals surface area contributed by atoms with Gasteiger partial charge in [0.05, 0.1) is 5.66 Å². The summed E-state index contributed by atoms with van der Waals surface area (Å²) in [5, 5.41) is 0.395. The molecule has 0 aliphatic heterocycles. The summed E-state index contributed by atoms with van der Waals surface area (Å²) in [4.78, 5) is 8.66. The number of allylic oxidation sites excluding steroid dienone is 2. The molecule has 0 amide bonds. The molecule has 1 unspecified atom stereocenters. The Kier molecular flexibility index (Phi) is 8.28. The maximum absolute atomic E-state index is 10.5. The minimum atomic E-state index is -2.25. The van der Waals surface area contributed by atoms with Crippen molar-refractivity contribution < 1.29 is 9.46 Å². The Morgan fingerprint density at radius 3 is 2.05 bits per heavy atom. The molecular formula is C12H25ClN2O2PSi+. The van der Waals surface area contributed by atoms with Gasteiger partial charge in [0.25, 0.3) is 0 Å². The van der Waals surface area contributed by atoms with Crippen molar-refractivity contribution >= 4 is 26.5 Å². The van der Waals surface area contributed by atoms with Gasteiger partial charge < -0.3 is 11.5 Å². The van der Waals surface area contributed by atoms with Crippen molar-refractivity contribution in [1.82, 2.24) is 0 Å². The van der Waals surface area contributed by atoms with Gasteiger partial charge in [-0.2, -0.15) is 16.0 Å². The molecule has 7 heteroatoms. The van der Waals surface area contributed by atoms with E-state index in [-0.39, 0.29) is 0 Å². The molecule has 0 spiro atoms. The van der Waals surface area contributed by atoms with Crippen molar-refractivity contribution in [2.24, 2.45) is 11.5 Å². The quantitative estimate of drug-likeness (QED) is 0.320. The van der Waals surface area contributed by atoms with Crippen LogP contribution in [0.2, 0.25) is 18.1 Å². The van der Waals surface area contributed by atoms with Crippen LogP contribution in [0, 0.1) is 0 Å². The SMILES string of the molecule is CC[Si](Cl)(CC)CC.NC1(N)C=CC([P+](=O)O)=CC1. The van der Waals surface area contributed by atoms with Gasteiger partial charge in [0.1, 0.15) is 0 Å². The normalized spacial score (nSPS) is 18.3. The minimum Gasteiger partial charge on any atom is -0.310 e. The van der Waals surface area contributed by atoms with Crippen molar-refractivity contribution in [3.05, 3.63) is 23.5 Å². The van der Waals surface area contributed by atoms with Crippen molar-refractivity contribution in [3.8, 4) is 0 Å². The Bertz CT molecular complexity index is 360. The summed E-state index contributed by atoms with van der Waals surface area (Å²) in [6, 6.07) is 3.67. The van der Waals surface area contributed by atoms with E-state index in [1.807, 2.05) is 0 Å². The van der Waals surface area contributed by atoms with Crippen LogP contribution < -0.4 is 11.5 Å². The first-order valence-corrected chi connectivity index (χ1v) is 11.4. The van der Waals surface area contributed by atoms with Crippen LogP contribution in [0.15, 0.2) is 23.5 Å². The summed E-state index contributed by atoms with van der Waals surface area (Å²) in [7, 11) is -3.45. The van der Waals surface area contributed by atoms with E-state index in [2.05, 4.69) is 20.8 Å². The van der Waals surface area contributed by atoms with Gasteiger partial charge in [-0.1, -0.05) is 20.8 Å². The van der Waals surface area contributed by atoms with Gasteiger partial charge in [0, 0.05) is 6.42 Å². The molecule has 0 aromatic rings. The predicted octanol–water partition coefficient (Wildman–Crippen LogP) is 3.41. The molecule has 1 aliphatic rings. The second kappa shape index (κ2) is 8.30. The van der Waals surface area contributed by atoms with Crippen LogP contribution >= 0.6 is 19.1 Å². The molecule has 4 nitrogen and oxygen atoms in total. The summed E-state index contributed by atoms with van der Waals surface area (Å²) < 4.78 is 10.5. The largest absolute Gasteiger partial charge is 0.545 e. The van der Waals surface area contributed by atoms with Crippen LogP contribution in [-0.2, 0) is 4.57 Å². The fourth-order valence-electron chi connectivity index (χ4n) is 1.55. The molecule has 0 saturated heterocycles. The zero-order valence-corrected chi connectivity index (χ0v) is 14.5. The predicted molar refractivity (Wildman–Crippen MR) is 85.8 cm³/mol. The molecule has 110 valence electrons. The Labute approximate surface area is 122 Å². The third-order valence-electron chi connectivity index (χ3n) is 3.35. The topological polar surface area (TPSA) is 89.3 Å². The Morgan fingerprint density at radius 2 is 1.84 bits per heavy atom. The second-order valence-corrected chi connectivity index (χ2v) is 12.7. The summed E-state index contributed by atoms with van der Waals surface area (Å²) in [5.41, 5.74) is 10.2. The Balaban J connectivity index is 0.000000362. The Hall–Kier alpha value is -0.0331. The van der Waals surface area contributed by atoms with Crippen molar-refractivity contribution in [1.29, 1.82) is 0 Å². The minimum absolute atomic E-state index is 0.395. The molecule has 0 aromatic carbocycles. The maximum Gasteiger partial charge on any atom is 0.545 e. The smallest absolute Gasteiger partial charge is 0.310 e. The number of hydrogen-bond donors (Lipinski definition) is 3. The average molecular weight is 324 g/mol. The van der Waals surface area contributed by atoms with E-state index in [9.17, 15) is 4.57 Å². The molecule has 1 rings (SSSR count). The fraction of sp³-hybridized carbons (Fsp3) is 0.667. The van der Waals surface area contributed by atoms with E-state index in [1.54, 1.807) is 6.08 Å². The van der Waals surface area contributed by atoms with Crippen molar-refractivity contribution in [2.45, 2.75) is 51.0 Å². The molecule has 0 bridgehead atoms. The van der Waals surface area contributed by atoms with E-state index in [0.29, 0.717) is 11.7 Å². The molecule has 0 radical (unpaired) electrons. The standard InChI is InChI=1S/C6H15ClSi.C6H9N2O2P/c1-4-8(7,5-2)6-3;7-6(8)3-1-5(2-4-6)11(9)10/h4-6H2,1-3H3;1-3H,4,7-8H2/p+1. The van der Waals surface area contributed by atoms with Crippen LogP contribution in [0.4, 0.5) is 0 Å². The van der Waals surface area contributed by atoms with E-state index in [4.69, 9.17) is 27.4 Å². The molecule has 1 atom stereocenters. The summed E-state index contributed by atoms with van der Waals surface area (Å²) in [5.74, 6) is 0. The summed E-state index contributed by atoms with van der Waals surface area (Å²) in [6.45, 7) is 6.60. The average Bonchev–Trinajstić information content (AvgIpc) is 2.38. The monoisotopic (exact) mass is 323 g/mol. The Morgan fingerprint density at radius 1 is 1.37 bits per heavy atom. The van der Waals surface area contributed by atoms with Crippen LogP contribution in [0.3, 0.4) is 0 Å². The molecule has 5 N–H and O–H groups in total. The van der Waals surface area contributed by atoms with Gasteiger partial charge >= 0.3 is 8.03 Å². The van der Waals surface area contributed by atoms with E-state index in [0.717, 1.165) is 0 Å². The van der Waals surface area contributed by atoms with Gasteiger partial charge in [-0.15, -0.1) is 0 Å². The highest BCUT2D eigenvalue weighted by molar-refractivity contribution is 7.43. The molecule has 0 saturated carbocycles.